The van der Waals surface area contributed by atoms with Crippen LogP contribution in [0.4, 0.5) is 0 Å². The average Bonchev–Trinajstić information content (AvgIpc) is 2.81. The van der Waals surface area contributed by atoms with Crippen LogP contribution in [0.15, 0.2) is 30.3 Å². The lowest BCUT2D eigenvalue weighted by molar-refractivity contribution is 0.246. The van der Waals surface area contributed by atoms with Gasteiger partial charge in [-0.25, -0.2) is 0 Å². The monoisotopic (exact) mass is 291 g/mol. The van der Waals surface area contributed by atoms with Gasteiger partial charge in [-0.15, -0.1) is 0 Å². The largest absolute Gasteiger partial charge is 0.494 e. The highest BCUT2D eigenvalue weighted by Gasteiger charge is 2.29. The molecule has 2 rings (SSSR count). The minimum atomic E-state index is 0.565. The van der Waals surface area contributed by atoms with Crippen LogP contribution in [0.25, 0.3) is 0 Å². The Bertz CT molecular complexity index is 388. The zero-order valence-electron chi connectivity index (χ0n) is 13.5. The maximum atomic E-state index is 5.72. The van der Waals surface area contributed by atoms with Crippen LogP contribution >= 0.6 is 0 Å². The summed E-state index contributed by atoms with van der Waals surface area (Å²) < 4.78 is 5.72. The van der Waals surface area contributed by atoms with Crippen molar-refractivity contribution >= 4 is 0 Å². The lowest BCUT2D eigenvalue weighted by atomic mass is 9.93. The number of hydrogen-bond donors (Lipinski definition) is 2. The Hall–Kier alpha value is -1.10. The summed E-state index contributed by atoms with van der Waals surface area (Å²) in [5.74, 6) is 1.68. The summed E-state index contributed by atoms with van der Waals surface area (Å²) in [6.45, 7) is 7.54. The lowest BCUT2D eigenvalue weighted by Gasteiger charge is -2.22. The van der Waals surface area contributed by atoms with Crippen molar-refractivity contribution in [2.75, 3.05) is 26.7 Å². The maximum Gasteiger partial charge on any atom is 0.119 e. The fourth-order valence-corrected chi connectivity index (χ4v) is 2.93. The molecule has 0 spiro atoms. The van der Waals surface area contributed by atoms with Gasteiger partial charge in [0.15, 0.2) is 0 Å². The molecule has 4 nitrogen and oxygen atoms in total. The molecule has 118 valence electrons. The van der Waals surface area contributed by atoms with Gasteiger partial charge < -0.3 is 9.64 Å². The maximum absolute atomic E-state index is 5.72. The van der Waals surface area contributed by atoms with E-state index in [1.54, 1.807) is 0 Å². The second-order valence-corrected chi connectivity index (χ2v) is 6.14. The molecular formula is C17H29N3O. The predicted octanol–water partition coefficient (Wildman–Crippen LogP) is 2.28. The Balaban J connectivity index is 1.56. The Labute approximate surface area is 128 Å². The molecule has 0 radical (unpaired) electrons. The van der Waals surface area contributed by atoms with Crippen LogP contribution in [0.2, 0.25) is 0 Å². The Morgan fingerprint density at radius 2 is 1.71 bits per heavy atom. The van der Waals surface area contributed by atoms with Crippen molar-refractivity contribution in [3.05, 3.63) is 30.3 Å². The third kappa shape index (κ3) is 5.30. The van der Waals surface area contributed by atoms with Crippen molar-refractivity contribution in [1.29, 1.82) is 0 Å². The number of para-hydroxylation sites is 1. The van der Waals surface area contributed by atoms with Crippen molar-refractivity contribution in [3.63, 3.8) is 0 Å². The molecule has 1 aliphatic rings. The number of nitrogens with one attached hydrogen (secondary N) is 2. The molecule has 1 saturated heterocycles. The van der Waals surface area contributed by atoms with Crippen LogP contribution in [0.1, 0.15) is 26.7 Å². The zero-order valence-corrected chi connectivity index (χ0v) is 13.5. The van der Waals surface area contributed by atoms with E-state index in [0.717, 1.165) is 31.9 Å². The molecule has 1 aromatic rings. The van der Waals surface area contributed by atoms with Gasteiger partial charge in [-0.05, 0) is 58.3 Å². The number of benzene rings is 1. The van der Waals surface area contributed by atoms with Gasteiger partial charge in [0, 0.05) is 18.6 Å². The van der Waals surface area contributed by atoms with Gasteiger partial charge in [-0.2, -0.15) is 0 Å². The first-order chi connectivity index (χ1) is 10.2. The van der Waals surface area contributed by atoms with E-state index >= 15 is 0 Å². The summed E-state index contributed by atoms with van der Waals surface area (Å²) in [5.41, 5.74) is 6.65. The smallest absolute Gasteiger partial charge is 0.119 e. The van der Waals surface area contributed by atoms with Gasteiger partial charge >= 0.3 is 0 Å². The van der Waals surface area contributed by atoms with E-state index in [0.29, 0.717) is 18.0 Å². The molecule has 1 aliphatic heterocycles. The normalized spacial score (nSPS) is 25.4. The van der Waals surface area contributed by atoms with Gasteiger partial charge in [-0.1, -0.05) is 18.2 Å². The molecule has 2 atom stereocenters. The van der Waals surface area contributed by atoms with Crippen molar-refractivity contribution < 1.29 is 4.74 Å². The fraction of sp³-hybridized carbons (Fsp3) is 0.647. The molecule has 1 heterocycles. The Morgan fingerprint density at radius 3 is 2.38 bits per heavy atom. The van der Waals surface area contributed by atoms with Crippen LogP contribution in [0, 0.1) is 5.92 Å². The van der Waals surface area contributed by atoms with Gasteiger partial charge in [0.2, 0.25) is 0 Å². The highest BCUT2D eigenvalue weighted by molar-refractivity contribution is 5.20. The minimum absolute atomic E-state index is 0.565. The number of rotatable bonds is 8. The third-order valence-electron chi connectivity index (χ3n) is 4.36. The first-order valence-corrected chi connectivity index (χ1v) is 8.04. The average molecular weight is 291 g/mol. The van der Waals surface area contributed by atoms with E-state index in [-0.39, 0.29) is 0 Å². The van der Waals surface area contributed by atoms with Gasteiger partial charge in [0.05, 0.1) is 6.61 Å². The minimum Gasteiger partial charge on any atom is -0.494 e. The summed E-state index contributed by atoms with van der Waals surface area (Å²) in [5, 5.41) is 0. The highest BCUT2D eigenvalue weighted by Crippen LogP contribution is 2.18. The van der Waals surface area contributed by atoms with Gasteiger partial charge in [0.1, 0.15) is 5.75 Å². The van der Waals surface area contributed by atoms with Crippen molar-refractivity contribution in [3.8, 4) is 5.75 Å². The van der Waals surface area contributed by atoms with E-state index in [2.05, 4.69) is 36.6 Å². The first-order valence-electron chi connectivity index (χ1n) is 8.04. The predicted molar refractivity (Wildman–Crippen MR) is 87.4 cm³/mol. The van der Waals surface area contributed by atoms with E-state index in [1.807, 2.05) is 30.3 Å². The summed E-state index contributed by atoms with van der Waals surface area (Å²) in [6, 6.07) is 11.2. The van der Waals surface area contributed by atoms with Crippen molar-refractivity contribution in [2.45, 2.75) is 38.8 Å². The molecular weight excluding hydrogens is 262 g/mol. The number of nitrogens with zero attached hydrogens (tertiary/aromatic N) is 1. The Kier molecular flexibility index (Phi) is 6.49. The van der Waals surface area contributed by atoms with Crippen LogP contribution in [0.5, 0.6) is 5.75 Å². The second-order valence-electron chi connectivity index (χ2n) is 6.14. The van der Waals surface area contributed by atoms with Gasteiger partial charge in [0.25, 0.3) is 0 Å². The molecule has 1 aromatic carbocycles. The first kappa shape index (κ1) is 16.3. The lowest BCUT2D eigenvalue weighted by Crippen LogP contribution is -2.30. The Morgan fingerprint density at radius 1 is 1.05 bits per heavy atom. The van der Waals surface area contributed by atoms with Crippen molar-refractivity contribution in [1.82, 2.24) is 15.8 Å². The van der Waals surface area contributed by atoms with Crippen molar-refractivity contribution in [2.24, 2.45) is 5.92 Å². The molecule has 4 heteroatoms. The zero-order chi connectivity index (χ0) is 15.1. The quantitative estimate of drug-likeness (QED) is 0.721. The van der Waals surface area contributed by atoms with Crippen LogP contribution in [0.3, 0.4) is 0 Å². The summed E-state index contributed by atoms with van der Waals surface area (Å²) in [4.78, 5) is 2.41. The van der Waals surface area contributed by atoms with Gasteiger partial charge in [-0.3, -0.25) is 10.9 Å². The molecule has 0 aliphatic carbocycles. The molecule has 0 aromatic heterocycles. The standard InChI is InChI=1S/C17H29N3O/c1-14-17(15(2)19-18-14)10-12-20(3)11-7-13-21-16-8-5-4-6-9-16/h4-6,8-9,14-15,17-19H,7,10-13H2,1-3H3. The summed E-state index contributed by atoms with van der Waals surface area (Å²) >= 11 is 0. The molecule has 2 unspecified atom stereocenters. The number of hydrogen-bond acceptors (Lipinski definition) is 4. The molecule has 1 fully saturated rings. The molecule has 0 saturated carbocycles. The second kappa shape index (κ2) is 8.37. The molecule has 2 N–H and O–H groups in total. The third-order valence-corrected chi connectivity index (χ3v) is 4.36. The molecule has 21 heavy (non-hydrogen) atoms. The SMILES string of the molecule is CC1NNC(C)C1CCN(C)CCCOc1ccccc1. The van der Waals surface area contributed by atoms with E-state index in [4.69, 9.17) is 4.74 Å². The van der Waals surface area contributed by atoms with E-state index in [1.165, 1.54) is 6.42 Å². The number of hydrazine groups is 1. The molecule has 0 amide bonds. The van der Waals surface area contributed by atoms with Crippen LogP contribution in [-0.2, 0) is 0 Å². The van der Waals surface area contributed by atoms with Crippen LogP contribution < -0.4 is 15.6 Å². The summed E-state index contributed by atoms with van der Waals surface area (Å²) in [6.07, 6.45) is 2.30. The molecule has 0 bridgehead atoms. The fourth-order valence-electron chi connectivity index (χ4n) is 2.93. The van der Waals surface area contributed by atoms with E-state index < -0.39 is 0 Å². The van der Waals surface area contributed by atoms with Crippen LogP contribution in [-0.4, -0.2) is 43.7 Å². The number of ether oxygens (including phenoxy) is 1. The highest BCUT2D eigenvalue weighted by atomic mass is 16.5. The topological polar surface area (TPSA) is 36.5 Å². The summed E-state index contributed by atoms with van der Waals surface area (Å²) in [7, 11) is 2.20. The van der Waals surface area contributed by atoms with E-state index in [9.17, 15) is 0 Å².